The summed E-state index contributed by atoms with van der Waals surface area (Å²) in [5, 5.41) is 2.71. The Hall–Kier alpha value is -2.07. The topological polar surface area (TPSA) is 46.2 Å². The van der Waals surface area contributed by atoms with Gasteiger partial charge in [-0.2, -0.15) is 0 Å². The zero-order valence-electron chi connectivity index (χ0n) is 10.4. The first-order valence-corrected chi connectivity index (χ1v) is 6.60. The number of anilines is 1. The Morgan fingerprint density at radius 3 is 2.42 bits per heavy atom. The molecule has 0 aromatic heterocycles. The van der Waals surface area contributed by atoms with Gasteiger partial charge in [-0.25, -0.2) is 0 Å². The molecule has 1 N–H and O–H groups in total. The predicted molar refractivity (Wildman–Crippen MR) is 76.7 cm³/mol. The Morgan fingerprint density at radius 2 is 1.79 bits per heavy atom. The molecule has 0 aliphatic heterocycles. The third kappa shape index (κ3) is 3.69. The van der Waals surface area contributed by atoms with E-state index in [2.05, 4.69) is 5.32 Å². The molecule has 96 valence electrons. The van der Waals surface area contributed by atoms with Gasteiger partial charge in [-0.15, -0.1) is 0 Å². The summed E-state index contributed by atoms with van der Waals surface area (Å²) in [4.78, 5) is 23.8. The number of rotatable bonds is 4. The normalized spacial score (nSPS) is 9.95. The summed E-state index contributed by atoms with van der Waals surface area (Å²) in [6.07, 6.45) is 0.855. The van der Waals surface area contributed by atoms with E-state index in [9.17, 15) is 9.59 Å². The summed E-state index contributed by atoms with van der Waals surface area (Å²) in [5.74, 6) is -0.0910. The van der Waals surface area contributed by atoms with E-state index in [0.29, 0.717) is 5.56 Å². The monoisotopic (exact) mass is 271 g/mol. The first-order valence-electron chi connectivity index (χ1n) is 5.79. The highest BCUT2D eigenvalue weighted by atomic mass is 32.2. The lowest BCUT2D eigenvalue weighted by atomic mass is 10.2. The van der Waals surface area contributed by atoms with Gasteiger partial charge in [0.25, 0.3) is 0 Å². The first-order chi connectivity index (χ1) is 9.19. The van der Waals surface area contributed by atoms with Crippen LogP contribution in [0, 0.1) is 0 Å². The second-order valence-corrected chi connectivity index (χ2v) is 5.08. The van der Waals surface area contributed by atoms with Crippen molar-refractivity contribution in [1.82, 2.24) is 0 Å². The predicted octanol–water partition coefficient (Wildman–Crippen LogP) is 3.61. The van der Waals surface area contributed by atoms with Crippen LogP contribution in [0.3, 0.4) is 0 Å². The lowest BCUT2D eigenvalue weighted by molar-refractivity contribution is -0.114. The van der Waals surface area contributed by atoms with Crippen LogP contribution in [0.5, 0.6) is 0 Å². The minimum atomic E-state index is -0.0910. The summed E-state index contributed by atoms with van der Waals surface area (Å²) < 4.78 is 0. The lowest BCUT2D eigenvalue weighted by Gasteiger charge is -2.06. The van der Waals surface area contributed by atoms with Crippen LogP contribution in [-0.2, 0) is 4.79 Å². The van der Waals surface area contributed by atoms with Crippen molar-refractivity contribution in [2.24, 2.45) is 0 Å². The molecule has 3 nitrogen and oxygen atoms in total. The van der Waals surface area contributed by atoms with Crippen LogP contribution in [0.2, 0.25) is 0 Å². The largest absolute Gasteiger partial charge is 0.326 e. The van der Waals surface area contributed by atoms with Gasteiger partial charge in [0.15, 0.2) is 6.29 Å². The van der Waals surface area contributed by atoms with Crippen molar-refractivity contribution in [3.05, 3.63) is 54.1 Å². The van der Waals surface area contributed by atoms with E-state index in [0.717, 1.165) is 21.8 Å². The zero-order valence-corrected chi connectivity index (χ0v) is 11.2. The van der Waals surface area contributed by atoms with Crippen molar-refractivity contribution in [2.45, 2.75) is 16.7 Å². The summed E-state index contributed by atoms with van der Waals surface area (Å²) in [5.41, 5.74) is 1.44. The molecule has 0 saturated carbocycles. The van der Waals surface area contributed by atoms with Gasteiger partial charge in [-0.3, -0.25) is 9.59 Å². The van der Waals surface area contributed by atoms with Crippen molar-refractivity contribution < 1.29 is 9.59 Å². The van der Waals surface area contributed by atoms with Crippen LogP contribution in [0.15, 0.2) is 58.3 Å². The minimum absolute atomic E-state index is 0.0910. The van der Waals surface area contributed by atoms with E-state index in [1.165, 1.54) is 18.7 Å². The standard InChI is InChI=1S/C15H13NO2S/c1-11(18)16-13-6-8-14(9-7-13)19-15-5-3-2-4-12(15)10-17/h2-10H,1H3,(H,16,18). The smallest absolute Gasteiger partial charge is 0.221 e. The van der Waals surface area contributed by atoms with Crippen LogP contribution in [-0.4, -0.2) is 12.2 Å². The van der Waals surface area contributed by atoms with Gasteiger partial charge in [-0.1, -0.05) is 30.0 Å². The number of aldehydes is 1. The fraction of sp³-hybridized carbons (Fsp3) is 0.0667. The van der Waals surface area contributed by atoms with Crippen molar-refractivity contribution in [1.29, 1.82) is 0 Å². The van der Waals surface area contributed by atoms with Gasteiger partial charge >= 0.3 is 0 Å². The maximum absolute atomic E-state index is 10.9. The molecule has 0 spiro atoms. The molecular formula is C15H13NO2S. The number of nitrogens with one attached hydrogen (secondary N) is 1. The zero-order chi connectivity index (χ0) is 13.7. The molecule has 0 aliphatic rings. The van der Waals surface area contributed by atoms with E-state index in [1.807, 2.05) is 42.5 Å². The molecule has 2 aromatic rings. The number of benzene rings is 2. The molecule has 0 fully saturated rings. The molecule has 0 heterocycles. The first kappa shape index (κ1) is 13.4. The van der Waals surface area contributed by atoms with Crippen LogP contribution in [0.1, 0.15) is 17.3 Å². The number of carbonyl (C=O) groups excluding carboxylic acids is 2. The van der Waals surface area contributed by atoms with E-state index < -0.39 is 0 Å². The molecule has 19 heavy (non-hydrogen) atoms. The van der Waals surface area contributed by atoms with Crippen LogP contribution >= 0.6 is 11.8 Å². The summed E-state index contributed by atoms with van der Waals surface area (Å²) in [7, 11) is 0. The third-order valence-electron chi connectivity index (χ3n) is 2.45. The number of carbonyl (C=O) groups is 2. The molecule has 2 aromatic carbocycles. The van der Waals surface area contributed by atoms with Gasteiger partial charge in [-0.05, 0) is 30.3 Å². The molecule has 0 unspecified atom stereocenters. The van der Waals surface area contributed by atoms with Gasteiger partial charge in [0.2, 0.25) is 5.91 Å². The van der Waals surface area contributed by atoms with Gasteiger partial charge < -0.3 is 5.32 Å². The molecule has 4 heteroatoms. The lowest BCUT2D eigenvalue weighted by Crippen LogP contribution is -2.05. The molecule has 0 aliphatic carbocycles. The van der Waals surface area contributed by atoms with Gasteiger partial charge in [0, 0.05) is 28.0 Å². The second-order valence-electron chi connectivity index (χ2n) is 3.96. The van der Waals surface area contributed by atoms with Gasteiger partial charge in [0.1, 0.15) is 0 Å². The average Bonchev–Trinajstić information content (AvgIpc) is 2.41. The molecule has 0 atom stereocenters. The fourth-order valence-corrected chi connectivity index (χ4v) is 2.51. The Balaban J connectivity index is 2.15. The van der Waals surface area contributed by atoms with Crippen molar-refractivity contribution in [3.63, 3.8) is 0 Å². The van der Waals surface area contributed by atoms with Crippen molar-refractivity contribution in [3.8, 4) is 0 Å². The number of hydrogen-bond donors (Lipinski definition) is 1. The van der Waals surface area contributed by atoms with E-state index in [-0.39, 0.29) is 5.91 Å². The Bertz CT molecular complexity index is 593. The van der Waals surface area contributed by atoms with Crippen LogP contribution in [0.4, 0.5) is 5.69 Å². The molecule has 2 rings (SSSR count). The molecular weight excluding hydrogens is 258 g/mol. The highest BCUT2D eigenvalue weighted by Crippen LogP contribution is 2.30. The van der Waals surface area contributed by atoms with Crippen molar-refractivity contribution in [2.75, 3.05) is 5.32 Å². The Kier molecular flexibility index (Phi) is 4.36. The summed E-state index contributed by atoms with van der Waals surface area (Å²) in [6, 6.07) is 15.0. The fourth-order valence-electron chi connectivity index (χ4n) is 1.61. The average molecular weight is 271 g/mol. The highest BCUT2D eigenvalue weighted by molar-refractivity contribution is 7.99. The number of hydrogen-bond acceptors (Lipinski definition) is 3. The SMILES string of the molecule is CC(=O)Nc1ccc(Sc2ccccc2C=O)cc1. The maximum Gasteiger partial charge on any atom is 0.221 e. The van der Waals surface area contributed by atoms with E-state index in [4.69, 9.17) is 0 Å². The molecule has 1 amide bonds. The maximum atomic E-state index is 10.9. The molecule has 0 saturated heterocycles. The Labute approximate surface area is 116 Å². The van der Waals surface area contributed by atoms with Gasteiger partial charge in [0.05, 0.1) is 0 Å². The third-order valence-corrected chi connectivity index (χ3v) is 3.55. The summed E-state index contributed by atoms with van der Waals surface area (Å²) >= 11 is 1.52. The molecule has 0 bridgehead atoms. The Morgan fingerprint density at radius 1 is 1.11 bits per heavy atom. The quantitative estimate of drug-likeness (QED) is 0.864. The van der Waals surface area contributed by atoms with E-state index >= 15 is 0 Å². The van der Waals surface area contributed by atoms with Crippen LogP contribution < -0.4 is 5.32 Å². The molecule has 0 radical (unpaired) electrons. The number of amides is 1. The minimum Gasteiger partial charge on any atom is -0.326 e. The summed E-state index contributed by atoms with van der Waals surface area (Å²) in [6.45, 7) is 1.48. The highest BCUT2D eigenvalue weighted by Gasteiger charge is 2.03. The van der Waals surface area contributed by atoms with Crippen LogP contribution in [0.25, 0.3) is 0 Å². The van der Waals surface area contributed by atoms with E-state index in [1.54, 1.807) is 6.07 Å². The van der Waals surface area contributed by atoms with Crippen molar-refractivity contribution >= 4 is 29.6 Å². The second kappa shape index (κ2) is 6.20.